The standard InChI is InChI=1S/C26H23FN2O/c27-22-14-12-21(13-15-22)26-23-18-20(10-9-19-6-2-1-3-7-19)11-16-24(23)29(28-26)25-8-4-5-17-30-25/h1-3,6-7,9-16,18,25H,4-5,8,17H2. The molecule has 1 aliphatic rings. The maximum Gasteiger partial charge on any atom is 0.150 e. The Morgan fingerprint density at radius 1 is 0.900 bits per heavy atom. The highest BCUT2D eigenvalue weighted by Gasteiger charge is 2.21. The van der Waals surface area contributed by atoms with E-state index >= 15 is 0 Å². The zero-order valence-electron chi connectivity index (χ0n) is 16.7. The first-order chi connectivity index (χ1) is 14.8. The summed E-state index contributed by atoms with van der Waals surface area (Å²) in [5, 5.41) is 5.96. The van der Waals surface area contributed by atoms with Crippen LogP contribution in [0, 0.1) is 5.82 Å². The lowest BCUT2D eigenvalue weighted by molar-refractivity contribution is -0.0365. The zero-order chi connectivity index (χ0) is 20.3. The second kappa shape index (κ2) is 8.25. The number of fused-ring (bicyclic) bond motifs is 1. The molecule has 0 spiro atoms. The molecule has 3 nitrogen and oxygen atoms in total. The van der Waals surface area contributed by atoms with E-state index in [0.717, 1.165) is 59.2 Å². The summed E-state index contributed by atoms with van der Waals surface area (Å²) in [5.74, 6) is -0.246. The van der Waals surface area contributed by atoms with Gasteiger partial charge in [-0.25, -0.2) is 9.07 Å². The lowest BCUT2D eigenvalue weighted by Gasteiger charge is -2.23. The highest BCUT2D eigenvalue weighted by atomic mass is 19.1. The second-order valence-electron chi connectivity index (χ2n) is 7.64. The van der Waals surface area contributed by atoms with Crippen molar-refractivity contribution in [3.05, 3.63) is 89.7 Å². The third kappa shape index (κ3) is 3.79. The van der Waals surface area contributed by atoms with Crippen molar-refractivity contribution >= 4 is 23.1 Å². The number of aromatic nitrogens is 2. The first-order valence-corrected chi connectivity index (χ1v) is 10.4. The van der Waals surface area contributed by atoms with Gasteiger partial charge in [0.25, 0.3) is 0 Å². The molecule has 4 heteroatoms. The van der Waals surface area contributed by atoms with Crippen molar-refractivity contribution in [2.24, 2.45) is 0 Å². The Morgan fingerprint density at radius 3 is 2.47 bits per heavy atom. The van der Waals surface area contributed by atoms with Gasteiger partial charge in [0.05, 0.1) is 5.52 Å². The molecule has 0 N–H and O–H groups in total. The van der Waals surface area contributed by atoms with Crippen molar-refractivity contribution in [3.63, 3.8) is 0 Å². The van der Waals surface area contributed by atoms with Crippen molar-refractivity contribution in [2.75, 3.05) is 6.61 Å². The van der Waals surface area contributed by atoms with Crippen LogP contribution in [-0.2, 0) is 4.74 Å². The topological polar surface area (TPSA) is 27.1 Å². The molecule has 3 aromatic carbocycles. The molecule has 1 fully saturated rings. The van der Waals surface area contributed by atoms with E-state index in [0.29, 0.717) is 0 Å². The summed E-state index contributed by atoms with van der Waals surface area (Å²) in [6.07, 6.45) is 7.34. The number of hydrogen-bond donors (Lipinski definition) is 0. The molecule has 1 atom stereocenters. The van der Waals surface area contributed by atoms with E-state index in [1.54, 1.807) is 12.1 Å². The van der Waals surface area contributed by atoms with Gasteiger partial charge in [0.15, 0.2) is 6.23 Å². The molecule has 1 saturated heterocycles. The number of rotatable bonds is 4. The van der Waals surface area contributed by atoms with Crippen molar-refractivity contribution < 1.29 is 9.13 Å². The smallest absolute Gasteiger partial charge is 0.150 e. The van der Waals surface area contributed by atoms with Gasteiger partial charge in [-0.2, -0.15) is 5.10 Å². The van der Waals surface area contributed by atoms with Gasteiger partial charge in [-0.05, 0) is 66.8 Å². The molecule has 0 bridgehead atoms. The summed E-state index contributed by atoms with van der Waals surface area (Å²) >= 11 is 0. The van der Waals surface area contributed by atoms with E-state index in [2.05, 4.69) is 42.5 Å². The predicted octanol–water partition coefficient (Wildman–Crippen LogP) is 6.71. The van der Waals surface area contributed by atoms with Crippen LogP contribution >= 0.6 is 0 Å². The summed E-state index contributed by atoms with van der Waals surface area (Å²) < 4.78 is 21.5. The van der Waals surface area contributed by atoms with Gasteiger partial charge in [0.2, 0.25) is 0 Å². The Bertz CT molecular complexity index is 1170. The average molecular weight is 398 g/mol. The summed E-state index contributed by atoms with van der Waals surface area (Å²) in [5.41, 5.74) is 5.05. The fourth-order valence-electron chi connectivity index (χ4n) is 3.98. The molecule has 0 aliphatic carbocycles. The van der Waals surface area contributed by atoms with Gasteiger partial charge in [0, 0.05) is 17.6 Å². The van der Waals surface area contributed by atoms with E-state index in [1.807, 2.05) is 22.9 Å². The van der Waals surface area contributed by atoms with Crippen molar-refractivity contribution in [3.8, 4) is 11.3 Å². The third-order valence-electron chi connectivity index (χ3n) is 5.54. The first kappa shape index (κ1) is 18.8. The number of ether oxygens (including phenoxy) is 1. The van der Waals surface area contributed by atoms with Crippen LogP contribution < -0.4 is 0 Å². The Balaban J connectivity index is 1.60. The van der Waals surface area contributed by atoms with Gasteiger partial charge in [0.1, 0.15) is 11.5 Å². The molecule has 2 heterocycles. The first-order valence-electron chi connectivity index (χ1n) is 10.4. The van der Waals surface area contributed by atoms with Crippen LogP contribution in [0.15, 0.2) is 72.8 Å². The maximum atomic E-state index is 13.5. The highest BCUT2D eigenvalue weighted by Crippen LogP contribution is 2.33. The van der Waals surface area contributed by atoms with E-state index in [9.17, 15) is 4.39 Å². The largest absolute Gasteiger partial charge is 0.356 e. The molecule has 30 heavy (non-hydrogen) atoms. The molecule has 4 aromatic rings. The molecule has 0 saturated carbocycles. The minimum Gasteiger partial charge on any atom is -0.356 e. The van der Waals surface area contributed by atoms with E-state index in [4.69, 9.17) is 9.84 Å². The molecule has 0 radical (unpaired) electrons. The molecule has 1 unspecified atom stereocenters. The summed E-state index contributed by atoms with van der Waals surface area (Å²) in [6.45, 7) is 0.760. The Hall–Kier alpha value is -3.24. The summed E-state index contributed by atoms with van der Waals surface area (Å²) in [4.78, 5) is 0. The molecular formula is C26H23FN2O. The van der Waals surface area contributed by atoms with Gasteiger partial charge in [-0.1, -0.05) is 48.6 Å². The Kier molecular flexibility index (Phi) is 5.16. The van der Waals surface area contributed by atoms with Gasteiger partial charge >= 0.3 is 0 Å². The van der Waals surface area contributed by atoms with Crippen LogP contribution in [0.1, 0.15) is 36.6 Å². The molecular weight excluding hydrogens is 375 g/mol. The number of hydrogen-bond acceptors (Lipinski definition) is 2. The highest BCUT2D eigenvalue weighted by molar-refractivity contribution is 5.95. The Morgan fingerprint density at radius 2 is 1.70 bits per heavy atom. The monoisotopic (exact) mass is 398 g/mol. The van der Waals surface area contributed by atoms with Crippen molar-refractivity contribution in [1.82, 2.24) is 9.78 Å². The fraction of sp³-hybridized carbons (Fsp3) is 0.192. The van der Waals surface area contributed by atoms with Crippen LogP contribution in [0.4, 0.5) is 4.39 Å². The number of nitrogens with zero attached hydrogens (tertiary/aromatic N) is 2. The van der Waals surface area contributed by atoms with Crippen LogP contribution in [0.3, 0.4) is 0 Å². The Labute approximate surface area is 175 Å². The molecule has 1 aliphatic heterocycles. The number of halogens is 1. The van der Waals surface area contributed by atoms with Crippen LogP contribution in [-0.4, -0.2) is 16.4 Å². The van der Waals surface area contributed by atoms with E-state index in [-0.39, 0.29) is 12.0 Å². The van der Waals surface area contributed by atoms with Crippen LogP contribution in [0.25, 0.3) is 34.3 Å². The van der Waals surface area contributed by atoms with Crippen molar-refractivity contribution in [2.45, 2.75) is 25.5 Å². The third-order valence-corrected chi connectivity index (χ3v) is 5.54. The van der Waals surface area contributed by atoms with E-state index in [1.165, 1.54) is 12.1 Å². The summed E-state index contributed by atoms with van der Waals surface area (Å²) in [7, 11) is 0. The molecule has 1 aromatic heterocycles. The molecule has 150 valence electrons. The molecule has 5 rings (SSSR count). The van der Waals surface area contributed by atoms with Crippen LogP contribution in [0.2, 0.25) is 0 Å². The van der Waals surface area contributed by atoms with Crippen molar-refractivity contribution in [1.29, 1.82) is 0 Å². The van der Waals surface area contributed by atoms with Gasteiger partial charge < -0.3 is 4.74 Å². The average Bonchev–Trinajstić information content (AvgIpc) is 3.18. The second-order valence-corrected chi connectivity index (χ2v) is 7.64. The van der Waals surface area contributed by atoms with Crippen LogP contribution in [0.5, 0.6) is 0 Å². The molecule has 0 amide bonds. The quantitative estimate of drug-likeness (QED) is 0.357. The lowest BCUT2D eigenvalue weighted by Crippen LogP contribution is -2.19. The van der Waals surface area contributed by atoms with Gasteiger partial charge in [-0.3, -0.25) is 0 Å². The minimum absolute atomic E-state index is 0.0545. The zero-order valence-corrected chi connectivity index (χ0v) is 16.7. The minimum atomic E-state index is -0.246. The predicted molar refractivity (Wildman–Crippen MR) is 119 cm³/mol. The SMILES string of the molecule is Fc1ccc(-c2nn(C3CCCCO3)c3ccc(C=Cc4ccccc4)cc23)cc1. The summed E-state index contributed by atoms with van der Waals surface area (Å²) in [6, 6.07) is 23.1. The van der Waals surface area contributed by atoms with Gasteiger partial charge in [-0.15, -0.1) is 0 Å². The normalized spacial score (nSPS) is 17.0. The fourth-order valence-corrected chi connectivity index (χ4v) is 3.98. The van der Waals surface area contributed by atoms with E-state index < -0.39 is 0 Å². The number of benzene rings is 3. The lowest BCUT2D eigenvalue weighted by atomic mass is 10.0. The maximum absolute atomic E-state index is 13.5.